The van der Waals surface area contributed by atoms with Crippen molar-refractivity contribution in [3.05, 3.63) is 277 Å². The Labute approximate surface area is 796 Å². The van der Waals surface area contributed by atoms with E-state index >= 15 is 0 Å². The predicted molar refractivity (Wildman–Crippen MR) is 524 cm³/mol. The molecule has 0 aliphatic rings. The molecule has 0 saturated heterocycles. The number of ether oxygens (including phenoxy) is 2. The Bertz CT molecular complexity index is 6520. The van der Waals surface area contributed by atoms with Crippen molar-refractivity contribution in [2.45, 2.75) is 117 Å². The molecule has 0 fully saturated rings. The number of aromatic hydroxyl groups is 1. The second-order valence-corrected chi connectivity index (χ2v) is 41.9. The summed E-state index contributed by atoms with van der Waals surface area (Å²) in [7, 11) is 27.1. The van der Waals surface area contributed by atoms with Gasteiger partial charge in [0.15, 0.2) is 5.75 Å². The van der Waals surface area contributed by atoms with Crippen LogP contribution in [0.2, 0.25) is 20.5 Å². The van der Waals surface area contributed by atoms with E-state index in [0.29, 0.717) is 46.3 Å². The fourth-order valence-corrected chi connectivity index (χ4v) is 14.9. The number of pyridine rings is 6. The normalized spacial score (nSPS) is 11.3. The quantitative estimate of drug-likeness (QED) is 0.0516. The minimum absolute atomic E-state index is 0. The highest BCUT2D eigenvalue weighted by Crippen LogP contribution is 2.39. The van der Waals surface area contributed by atoms with Crippen LogP contribution in [-0.2, 0) is 30.2 Å². The molecule has 0 atom stereocenters. The van der Waals surface area contributed by atoms with Crippen molar-refractivity contribution in [3.63, 3.8) is 0 Å². The Hall–Kier alpha value is -10.5. The molecule has 0 unspecified atom stereocenters. The average molecular weight is 2020 g/mol. The van der Waals surface area contributed by atoms with Crippen LogP contribution < -0.4 is 44.7 Å². The Morgan fingerprint density at radius 1 is 0.424 bits per heavy atom. The Morgan fingerprint density at radius 2 is 0.705 bits per heavy atom. The van der Waals surface area contributed by atoms with Gasteiger partial charge in [0.25, 0.3) is 0 Å². The predicted octanol–water partition coefficient (Wildman–Crippen LogP) is 18.4. The number of benzene rings is 4. The van der Waals surface area contributed by atoms with Crippen LogP contribution in [0.5, 0.6) is 23.0 Å². The molecule has 46 heteroatoms. The maximum Gasteiger partial charge on any atom is 0.643 e. The zero-order valence-electron chi connectivity index (χ0n) is 73.5. The number of rotatable bonds is 12. The number of fused-ring (bicyclic) bond motifs is 6. The number of hydrogen-bond donors (Lipinski definition) is 1. The number of halogens is 13. The maximum absolute atomic E-state index is 12.4. The number of aryl methyl sites for hydroxylation is 1. The highest BCUT2D eigenvalue weighted by atomic mass is 79.9. The molecule has 0 aliphatic carbocycles. The number of sulfonamides is 2. The van der Waals surface area contributed by atoms with Crippen molar-refractivity contribution < 1.29 is 87.8 Å². The number of anilines is 1. The lowest BCUT2D eigenvalue weighted by Gasteiger charge is -2.25. The van der Waals surface area contributed by atoms with Gasteiger partial charge in [-0.25, -0.2) is 57.2 Å². The van der Waals surface area contributed by atoms with Gasteiger partial charge in [-0.05, 0) is 141 Å². The monoisotopic (exact) mass is 2010 g/mol. The number of hydrogen-bond acceptors (Lipinski definition) is 16. The van der Waals surface area contributed by atoms with Crippen LogP contribution >= 0.6 is 46.1 Å². The van der Waals surface area contributed by atoms with Crippen molar-refractivity contribution >= 4 is 200 Å². The molecule has 0 spiro atoms. The van der Waals surface area contributed by atoms with Crippen LogP contribution in [0, 0.1) is 6.92 Å². The lowest BCUT2D eigenvalue weighted by atomic mass is 9.58. The topological polar surface area (TPSA) is 257 Å². The maximum atomic E-state index is 12.4. The van der Waals surface area contributed by atoms with E-state index in [1.807, 2.05) is 83.9 Å². The summed E-state index contributed by atoms with van der Waals surface area (Å²) in [6, 6.07) is 50.8. The molecule has 23 nitrogen and oxygen atoms in total. The van der Waals surface area contributed by atoms with Crippen LogP contribution in [0.15, 0.2) is 255 Å². The van der Waals surface area contributed by atoms with Crippen LogP contribution in [0.4, 0.5) is 45.2 Å². The number of nitrogens with zero attached hydrogens (tertiary/aromatic N) is 13. The summed E-state index contributed by atoms with van der Waals surface area (Å²) >= 11 is 1.65. The molecule has 1 N–H and O–H groups in total. The highest BCUT2D eigenvalue weighted by Gasteiger charge is 2.62. The summed E-state index contributed by atoms with van der Waals surface area (Å²) in [6.07, 6.45) is 20.2. The summed E-state index contributed by atoms with van der Waals surface area (Å²) in [5.74, 6) is 2.93. The van der Waals surface area contributed by atoms with Crippen LogP contribution in [0.1, 0.15) is 99.7 Å². The highest BCUT2D eigenvalue weighted by molar-refractivity contribution is 9.10. The SMILES string of the molecule is CB(C)C.CC.COc1cc(Br)cn2nccc12.Cc1ccc(C(C)C)cc1.O=S(=O)(N(c1ccccc1)S(=O)(=O)C(F)(F)F)C(F)(F)F.[2HH].[2HH].[2HH].[B]c1cc(-c2ccc(C(C)C)cc2)c2ccnn2c1.[B]c1cc(-c2ccc(C(C)C)cc2)c2ccnn2c1.[B]c1cc(O)c2ccnn2c1.[B]c1cc(OC)c2ccnn2c1.[B]c1cc(OS(=O)(=O)C(F)(F)F)c2ccnn2c1.[Cl][Al]([Cl])[Cl]. The molecule has 10 radical (unpaired) electrons. The molecule has 16 aromatic rings. The molecule has 16 rings (SSSR count). The van der Waals surface area contributed by atoms with Gasteiger partial charge in [-0.15, -0.1) is 3.71 Å². The van der Waals surface area contributed by atoms with Gasteiger partial charge in [-0.1, -0.05) is 212 Å². The number of para-hydroxylation sites is 1. The van der Waals surface area contributed by atoms with Crippen molar-refractivity contribution in [1.29, 1.82) is 0 Å². The van der Waals surface area contributed by atoms with Crippen molar-refractivity contribution in [3.8, 4) is 45.3 Å². The first kappa shape index (κ1) is 110. The van der Waals surface area contributed by atoms with E-state index in [1.54, 1.807) is 78.8 Å². The van der Waals surface area contributed by atoms with Gasteiger partial charge in [-0.3, -0.25) is 0 Å². The summed E-state index contributed by atoms with van der Waals surface area (Å²) in [5, 5.41) is 33.6. The molecule has 0 aliphatic heterocycles. The van der Waals surface area contributed by atoms with E-state index in [1.165, 1.54) is 62.4 Å². The summed E-state index contributed by atoms with van der Waals surface area (Å²) in [5.41, 5.74) is -1.90. The third kappa shape index (κ3) is 31.3. The van der Waals surface area contributed by atoms with E-state index in [0.717, 1.165) is 95.6 Å². The molecule has 0 saturated carbocycles. The van der Waals surface area contributed by atoms with Gasteiger partial charge in [0.1, 0.15) is 85.3 Å². The molecule has 692 valence electrons. The Balaban J connectivity index is 0.000000394. The van der Waals surface area contributed by atoms with Crippen LogP contribution in [-0.4, -0.2) is 176 Å². The molecule has 12 heterocycles. The minimum atomic E-state index is -6.81. The van der Waals surface area contributed by atoms with Gasteiger partial charge in [0.05, 0.1) is 55.7 Å². The first-order valence-electron chi connectivity index (χ1n) is 39.5. The molecule has 0 bridgehead atoms. The lowest BCUT2D eigenvalue weighted by Crippen LogP contribution is -2.49. The van der Waals surface area contributed by atoms with Gasteiger partial charge >= 0.3 is 58.1 Å². The van der Waals surface area contributed by atoms with E-state index in [9.17, 15) is 69.9 Å². The fraction of sp³-hybridized carbons (Fsp3) is 0.233. The van der Waals surface area contributed by atoms with E-state index in [-0.39, 0.29) is 21.0 Å². The zero-order valence-corrected chi connectivity index (χ0v) is 81.0. The smallest absolute Gasteiger partial charge is 0.506 e. The third-order valence-electron chi connectivity index (χ3n) is 17.4. The number of alkyl halides is 9. The summed E-state index contributed by atoms with van der Waals surface area (Å²) < 4.78 is 201. The van der Waals surface area contributed by atoms with Crippen molar-refractivity contribution in [2.24, 2.45) is 0 Å². The zero-order chi connectivity index (χ0) is 98.7. The van der Waals surface area contributed by atoms with Crippen molar-refractivity contribution in [1.82, 2.24) is 57.7 Å². The van der Waals surface area contributed by atoms with Gasteiger partial charge in [0, 0.05) is 69.5 Å². The molecule has 132 heavy (non-hydrogen) atoms. The lowest BCUT2D eigenvalue weighted by molar-refractivity contribution is -0.0501. The molecular formula is C86H93AlB6BrCl3F9N13O10S3. The Kier molecular flexibility index (Phi) is 41.3. The average Bonchev–Trinajstić information content (AvgIpc) is 1.11. The van der Waals surface area contributed by atoms with Crippen LogP contribution in [0.25, 0.3) is 55.4 Å². The number of methoxy groups -OCH3 is 2. The summed E-state index contributed by atoms with van der Waals surface area (Å²) in [4.78, 5) is 0. The first-order chi connectivity index (χ1) is 61.8. The van der Waals surface area contributed by atoms with E-state index < -0.39 is 73.2 Å². The van der Waals surface area contributed by atoms with Crippen molar-refractivity contribution in [2.75, 3.05) is 17.9 Å². The summed E-state index contributed by atoms with van der Waals surface area (Å²) in [6.45, 7) is 26.7. The molecule has 4 aromatic carbocycles. The van der Waals surface area contributed by atoms with Gasteiger partial charge < -0.3 is 18.8 Å². The van der Waals surface area contributed by atoms with E-state index in [2.05, 4.69) is 192 Å². The molecular weight excluding hydrogens is 1920 g/mol. The third-order valence-corrected chi connectivity index (χ3v) is 22.5. The van der Waals surface area contributed by atoms with Crippen LogP contribution in [0.3, 0.4) is 0 Å². The molecule has 0 amide bonds. The fourth-order valence-electron chi connectivity index (χ4n) is 11.3. The largest absolute Gasteiger partial charge is 0.643 e. The van der Waals surface area contributed by atoms with Gasteiger partial charge in [-0.2, -0.15) is 95.4 Å². The van der Waals surface area contributed by atoms with E-state index in [4.69, 9.17) is 78.9 Å². The molecule has 12 aromatic heterocycles. The standard InChI is InChI=1S/2C16H15BN2.C10H14.C8H4BF3N2O3S.C8H7BN2O.C8H7BrN2O.C8H5F6NO4S2.C7H5BN2O.C3H9B.C2H6.Al.3ClH.3H2/c2*1-11(2)12-3-5-13(6-4-12)15-9-14(17)10-19-16(15)7-8-18-19;1-8(2)10-6-4-9(3)5-7-10;9-5-3-7(6-1-2-13-14(6)4-5)17-18(15,16)8(10,11)12;2*1-12-8-4-6(9)5-11-7(8)2-3-10-11;9-7(10,11)20(16,17)15(6-4-2-1-3-5-6)21(18,19)8(12,13)14;8-5-3-7(11)6-1-2-9-10(6)4-5;1-4(2)3;1-2;;;;;;;/h2*3-11H,1-2H3;4-8H,1-3H3;1-4H;2*2-5H,1H3;1-5H;1-4,11H;1-3H3;1-2H3;;6*1H/q;;;;;;;;;;+3;;;;;;/p-3/i;;;;;;;;;;;;;;3*1+1. The second kappa shape index (κ2) is 49.5. The Morgan fingerprint density at radius 3 is 1.04 bits per heavy atom. The second-order valence-electron chi connectivity index (χ2n) is 29.2. The first-order valence-corrected chi connectivity index (χ1v) is 49.8. The van der Waals surface area contributed by atoms with Gasteiger partial charge in [0.2, 0.25) is 0 Å². The number of aromatic nitrogens is 12. The minimum Gasteiger partial charge on any atom is -0.506 e.